The molecule has 1 aromatic heterocycles. The van der Waals surface area contributed by atoms with Crippen LogP contribution in [0.4, 0.5) is 0 Å². The van der Waals surface area contributed by atoms with Crippen LogP contribution < -0.4 is 10.7 Å². The molecule has 2 aromatic rings. The molecule has 0 aliphatic carbocycles. The van der Waals surface area contributed by atoms with Gasteiger partial charge in [0.25, 0.3) is 5.91 Å². The molecule has 3 rings (SSSR count). The SMILES string of the molecule is O=C(NC[C@H]1CCN(Cc2ccccc2)C1)c1cc(=O)c(O)co1. The molecule has 24 heavy (non-hydrogen) atoms. The molecule has 0 spiro atoms. The molecule has 1 fully saturated rings. The van der Waals surface area contributed by atoms with Crippen LogP contribution >= 0.6 is 0 Å². The van der Waals surface area contributed by atoms with Crippen LogP contribution in [-0.2, 0) is 6.54 Å². The fourth-order valence-electron chi connectivity index (χ4n) is 2.91. The number of carbonyl (C=O) groups excluding carboxylic acids is 1. The molecule has 0 unspecified atom stereocenters. The van der Waals surface area contributed by atoms with Gasteiger partial charge in [0, 0.05) is 25.7 Å². The lowest BCUT2D eigenvalue weighted by Crippen LogP contribution is -2.31. The molecule has 6 heteroatoms. The second-order valence-electron chi connectivity index (χ2n) is 6.08. The van der Waals surface area contributed by atoms with Gasteiger partial charge in [-0.3, -0.25) is 14.5 Å². The average Bonchev–Trinajstić information content (AvgIpc) is 3.03. The second-order valence-corrected chi connectivity index (χ2v) is 6.08. The standard InChI is InChI=1S/C18H20N2O4/c21-15-8-17(24-12-16(15)22)18(23)19-9-14-6-7-20(11-14)10-13-4-2-1-3-5-13/h1-5,8,12,14,22H,6-7,9-11H2,(H,19,23)/t14-/m1/s1. The fourth-order valence-corrected chi connectivity index (χ4v) is 2.91. The monoisotopic (exact) mass is 328 g/mol. The first kappa shape index (κ1) is 16.3. The summed E-state index contributed by atoms with van der Waals surface area (Å²) in [6.45, 7) is 3.38. The molecule has 1 saturated heterocycles. The van der Waals surface area contributed by atoms with Crippen molar-refractivity contribution < 1.29 is 14.3 Å². The summed E-state index contributed by atoms with van der Waals surface area (Å²) in [5, 5.41) is 11.9. The van der Waals surface area contributed by atoms with Crippen molar-refractivity contribution in [3.63, 3.8) is 0 Å². The van der Waals surface area contributed by atoms with E-state index in [1.54, 1.807) is 0 Å². The smallest absolute Gasteiger partial charge is 0.287 e. The van der Waals surface area contributed by atoms with Gasteiger partial charge in [0.1, 0.15) is 6.26 Å². The van der Waals surface area contributed by atoms with Crippen LogP contribution in [0.15, 0.2) is 51.9 Å². The van der Waals surface area contributed by atoms with Gasteiger partial charge in [0.2, 0.25) is 5.43 Å². The first-order valence-electron chi connectivity index (χ1n) is 7.98. The van der Waals surface area contributed by atoms with Gasteiger partial charge in [-0.05, 0) is 24.4 Å². The molecule has 1 amide bonds. The zero-order valence-corrected chi connectivity index (χ0v) is 13.3. The average molecular weight is 328 g/mol. The summed E-state index contributed by atoms with van der Waals surface area (Å²) in [6.07, 6.45) is 1.90. The summed E-state index contributed by atoms with van der Waals surface area (Å²) in [5.41, 5.74) is 0.661. The maximum Gasteiger partial charge on any atom is 0.287 e. The molecular formula is C18H20N2O4. The van der Waals surface area contributed by atoms with Gasteiger partial charge in [-0.25, -0.2) is 0 Å². The van der Waals surface area contributed by atoms with Crippen LogP contribution in [-0.4, -0.2) is 35.5 Å². The minimum Gasteiger partial charge on any atom is -0.502 e. The van der Waals surface area contributed by atoms with E-state index < -0.39 is 17.1 Å². The molecule has 0 radical (unpaired) electrons. The van der Waals surface area contributed by atoms with Crippen LogP contribution in [0.25, 0.3) is 0 Å². The number of carbonyl (C=O) groups is 1. The molecule has 1 aromatic carbocycles. The normalized spacial score (nSPS) is 17.8. The highest BCUT2D eigenvalue weighted by Crippen LogP contribution is 2.18. The lowest BCUT2D eigenvalue weighted by molar-refractivity contribution is 0.0916. The van der Waals surface area contributed by atoms with E-state index in [4.69, 9.17) is 9.52 Å². The molecule has 0 bridgehead atoms. The van der Waals surface area contributed by atoms with Crippen molar-refractivity contribution >= 4 is 5.91 Å². The lowest BCUT2D eigenvalue weighted by atomic mass is 10.1. The number of nitrogens with one attached hydrogen (secondary N) is 1. The quantitative estimate of drug-likeness (QED) is 0.871. The predicted octanol–water partition coefficient (Wildman–Crippen LogP) is 1.60. The molecular weight excluding hydrogens is 308 g/mol. The van der Waals surface area contributed by atoms with Crippen LogP contribution in [0.5, 0.6) is 5.75 Å². The first-order valence-corrected chi connectivity index (χ1v) is 7.98. The largest absolute Gasteiger partial charge is 0.502 e. The van der Waals surface area contributed by atoms with Crippen LogP contribution in [0.3, 0.4) is 0 Å². The first-order chi connectivity index (χ1) is 11.6. The highest BCUT2D eigenvalue weighted by molar-refractivity contribution is 5.91. The van der Waals surface area contributed by atoms with Crippen LogP contribution in [0.1, 0.15) is 22.5 Å². The lowest BCUT2D eigenvalue weighted by Gasteiger charge is -2.16. The number of hydrogen-bond donors (Lipinski definition) is 2. The van der Waals surface area contributed by atoms with E-state index in [1.807, 2.05) is 18.2 Å². The number of likely N-dealkylation sites (tertiary alicyclic amines) is 1. The van der Waals surface area contributed by atoms with E-state index >= 15 is 0 Å². The zero-order chi connectivity index (χ0) is 16.9. The Morgan fingerprint density at radius 1 is 1.33 bits per heavy atom. The fraction of sp³-hybridized carbons (Fsp3) is 0.333. The molecule has 0 saturated carbocycles. The molecule has 1 aliphatic rings. The topological polar surface area (TPSA) is 82.8 Å². The van der Waals surface area contributed by atoms with E-state index in [-0.39, 0.29) is 5.76 Å². The number of aromatic hydroxyl groups is 1. The Morgan fingerprint density at radius 3 is 2.88 bits per heavy atom. The van der Waals surface area contributed by atoms with E-state index in [2.05, 4.69) is 22.3 Å². The summed E-state index contributed by atoms with van der Waals surface area (Å²) in [6, 6.07) is 11.3. The van der Waals surface area contributed by atoms with Crippen molar-refractivity contribution in [1.29, 1.82) is 0 Å². The van der Waals surface area contributed by atoms with Gasteiger partial charge in [-0.1, -0.05) is 30.3 Å². The molecule has 1 atom stereocenters. The summed E-state index contributed by atoms with van der Waals surface area (Å²) in [5.74, 6) is -0.647. The number of amides is 1. The molecule has 1 aliphatic heterocycles. The van der Waals surface area contributed by atoms with Gasteiger partial charge in [-0.15, -0.1) is 0 Å². The van der Waals surface area contributed by atoms with Gasteiger partial charge in [-0.2, -0.15) is 0 Å². The Hall–Kier alpha value is -2.60. The van der Waals surface area contributed by atoms with E-state index in [9.17, 15) is 9.59 Å². The molecule has 2 N–H and O–H groups in total. The molecule has 126 valence electrons. The Labute approximate surface area is 139 Å². The summed E-state index contributed by atoms with van der Waals surface area (Å²) in [4.78, 5) is 25.7. The Morgan fingerprint density at radius 2 is 2.12 bits per heavy atom. The predicted molar refractivity (Wildman–Crippen MR) is 88.8 cm³/mol. The summed E-state index contributed by atoms with van der Waals surface area (Å²) in [7, 11) is 0. The highest BCUT2D eigenvalue weighted by atomic mass is 16.4. The van der Waals surface area contributed by atoms with Crippen molar-refractivity contribution in [3.05, 3.63) is 64.2 Å². The zero-order valence-electron chi connectivity index (χ0n) is 13.3. The third-order valence-corrected chi connectivity index (χ3v) is 4.21. The number of benzene rings is 1. The van der Waals surface area contributed by atoms with Crippen molar-refractivity contribution in [2.45, 2.75) is 13.0 Å². The van der Waals surface area contributed by atoms with Crippen molar-refractivity contribution in [3.8, 4) is 5.75 Å². The second kappa shape index (κ2) is 7.31. The van der Waals surface area contributed by atoms with Crippen molar-refractivity contribution in [2.75, 3.05) is 19.6 Å². The Balaban J connectivity index is 1.48. The van der Waals surface area contributed by atoms with Crippen LogP contribution in [0, 0.1) is 5.92 Å². The maximum absolute atomic E-state index is 12.0. The summed E-state index contributed by atoms with van der Waals surface area (Å²) < 4.78 is 4.94. The third kappa shape index (κ3) is 4.02. The van der Waals surface area contributed by atoms with Gasteiger partial charge in [0.05, 0.1) is 0 Å². The summed E-state index contributed by atoms with van der Waals surface area (Å²) >= 11 is 0. The van der Waals surface area contributed by atoms with Crippen molar-refractivity contribution in [1.82, 2.24) is 10.2 Å². The number of nitrogens with zero attached hydrogens (tertiary/aromatic N) is 1. The Bertz CT molecular complexity index is 757. The molecule has 6 nitrogen and oxygen atoms in total. The van der Waals surface area contributed by atoms with E-state index in [0.717, 1.165) is 38.4 Å². The number of hydrogen-bond acceptors (Lipinski definition) is 5. The van der Waals surface area contributed by atoms with E-state index in [0.29, 0.717) is 12.5 Å². The minimum atomic E-state index is -0.624. The maximum atomic E-state index is 12.0. The molecule has 2 heterocycles. The van der Waals surface area contributed by atoms with Gasteiger partial charge >= 0.3 is 0 Å². The third-order valence-electron chi connectivity index (χ3n) is 4.21. The van der Waals surface area contributed by atoms with Gasteiger partial charge < -0.3 is 14.8 Å². The van der Waals surface area contributed by atoms with Crippen LogP contribution in [0.2, 0.25) is 0 Å². The highest BCUT2D eigenvalue weighted by Gasteiger charge is 2.23. The minimum absolute atomic E-state index is 0.0862. The number of rotatable bonds is 5. The Kier molecular flexibility index (Phi) is 4.96. The van der Waals surface area contributed by atoms with Gasteiger partial charge in [0.15, 0.2) is 11.5 Å². The van der Waals surface area contributed by atoms with Crippen molar-refractivity contribution in [2.24, 2.45) is 5.92 Å². The van der Waals surface area contributed by atoms with E-state index in [1.165, 1.54) is 5.56 Å².